The molecule has 0 aromatic heterocycles. The van der Waals surface area contributed by atoms with Crippen LogP contribution in [-0.4, -0.2) is 38.6 Å². The van der Waals surface area contributed by atoms with Gasteiger partial charge in [0.2, 0.25) is 0 Å². The van der Waals surface area contributed by atoms with Crippen molar-refractivity contribution >= 4 is 15.7 Å². The van der Waals surface area contributed by atoms with E-state index in [2.05, 4.69) is 6.58 Å². The van der Waals surface area contributed by atoms with Gasteiger partial charge < -0.3 is 4.90 Å². The molecule has 0 spiro atoms. The Balaban J connectivity index is 2.13. The van der Waals surface area contributed by atoms with Gasteiger partial charge in [-0.3, -0.25) is 4.79 Å². The molecule has 0 saturated carbocycles. The molecule has 2 aromatic rings. The van der Waals surface area contributed by atoms with Gasteiger partial charge in [0.05, 0.1) is 5.75 Å². The van der Waals surface area contributed by atoms with Crippen molar-refractivity contribution in [2.75, 3.05) is 19.3 Å². The van der Waals surface area contributed by atoms with Crippen molar-refractivity contribution in [3.8, 4) is 0 Å². The molecule has 0 N–H and O–H groups in total. The van der Waals surface area contributed by atoms with Crippen LogP contribution in [0.2, 0.25) is 0 Å². The molecule has 0 fully saturated rings. The number of carbonyl (C=O) groups excluding carboxylic acids is 1. The van der Waals surface area contributed by atoms with Crippen molar-refractivity contribution in [3.05, 3.63) is 83.9 Å². The molecule has 4 nitrogen and oxygen atoms in total. The van der Waals surface area contributed by atoms with Crippen molar-refractivity contribution in [2.24, 2.45) is 0 Å². The summed E-state index contributed by atoms with van der Waals surface area (Å²) in [5.74, 6) is -0.189. The van der Waals surface area contributed by atoms with Crippen molar-refractivity contribution in [1.82, 2.24) is 4.90 Å². The normalized spacial score (nSPS) is 11.1. The second-order valence-corrected chi connectivity index (χ2v) is 8.19. The third-order valence-corrected chi connectivity index (χ3v) is 4.61. The SMILES string of the molecule is C=CCN(CCc1ccccc1)C(=O)c1cccc(CS(C)(=O)=O)c1. The summed E-state index contributed by atoms with van der Waals surface area (Å²) in [5, 5.41) is 0. The standard InChI is InChI=1S/C20H23NO3S/c1-3-13-21(14-12-17-8-5-4-6-9-17)20(22)19-11-7-10-18(15-19)16-25(2,23)24/h3-11,15H,1,12-14,16H2,2H3. The first-order valence-corrected chi connectivity index (χ1v) is 10.2. The van der Waals surface area contributed by atoms with Gasteiger partial charge in [-0.15, -0.1) is 6.58 Å². The maximum atomic E-state index is 12.8. The molecular formula is C20H23NO3S. The van der Waals surface area contributed by atoms with E-state index in [-0.39, 0.29) is 11.7 Å². The smallest absolute Gasteiger partial charge is 0.254 e. The molecule has 0 aliphatic rings. The summed E-state index contributed by atoms with van der Waals surface area (Å²) < 4.78 is 22.9. The third kappa shape index (κ3) is 6.19. The molecule has 0 saturated heterocycles. The maximum Gasteiger partial charge on any atom is 0.254 e. The quantitative estimate of drug-likeness (QED) is 0.682. The third-order valence-electron chi connectivity index (χ3n) is 3.75. The number of hydrogen-bond donors (Lipinski definition) is 0. The fourth-order valence-electron chi connectivity index (χ4n) is 2.62. The molecule has 0 aliphatic heterocycles. The van der Waals surface area contributed by atoms with E-state index in [9.17, 15) is 13.2 Å². The molecule has 0 aliphatic carbocycles. The van der Waals surface area contributed by atoms with Gasteiger partial charge in [0.15, 0.2) is 9.84 Å². The number of rotatable bonds is 8. The van der Waals surface area contributed by atoms with E-state index >= 15 is 0 Å². The first kappa shape index (κ1) is 18.9. The van der Waals surface area contributed by atoms with Gasteiger partial charge in [-0.1, -0.05) is 48.5 Å². The predicted octanol–water partition coefficient (Wildman–Crippen LogP) is 3.10. The van der Waals surface area contributed by atoms with E-state index in [4.69, 9.17) is 0 Å². The van der Waals surface area contributed by atoms with Gasteiger partial charge >= 0.3 is 0 Å². The Labute approximate surface area is 149 Å². The molecule has 0 radical (unpaired) electrons. The lowest BCUT2D eigenvalue weighted by Gasteiger charge is -2.21. The van der Waals surface area contributed by atoms with Crippen LogP contribution in [0.25, 0.3) is 0 Å². The van der Waals surface area contributed by atoms with Crippen LogP contribution >= 0.6 is 0 Å². The first-order chi connectivity index (χ1) is 11.9. The van der Waals surface area contributed by atoms with Crippen molar-refractivity contribution in [3.63, 3.8) is 0 Å². The zero-order valence-corrected chi connectivity index (χ0v) is 15.2. The van der Waals surface area contributed by atoms with Gasteiger partial charge in [-0.25, -0.2) is 8.42 Å². The van der Waals surface area contributed by atoms with Gasteiger partial charge in [0.25, 0.3) is 5.91 Å². The Bertz CT molecular complexity index is 829. The average Bonchev–Trinajstić information content (AvgIpc) is 2.57. The summed E-state index contributed by atoms with van der Waals surface area (Å²) in [5.41, 5.74) is 2.28. The minimum Gasteiger partial charge on any atom is -0.335 e. The number of benzene rings is 2. The fourth-order valence-corrected chi connectivity index (χ4v) is 3.40. The van der Waals surface area contributed by atoms with Gasteiger partial charge in [-0.05, 0) is 29.7 Å². The molecular weight excluding hydrogens is 334 g/mol. The van der Waals surface area contributed by atoms with Gasteiger partial charge in [0.1, 0.15) is 0 Å². The minimum atomic E-state index is -3.14. The van der Waals surface area contributed by atoms with E-state index in [0.29, 0.717) is 24.2 Å². The Kier molecular flexibility index (Phi) is 6.53. The van der Waals surface area contributed by atoms with Crippen LogP contribution in [0.1, 0.15) is 21.5 Å². The summed E-state index contributed by atoms with van der Waals surface area (Å²) >= 11 is 0. The number of sulfone groups is 1. The van der Waals surface area contributed by atoms with Crippen LogP contribution in [0, 0.1) is 0 Å². The molecule has 0 heterocycles. The summed E-state index contributed by atoms with van der Waals surface area (Å²) in [6, 6.07) is 16.8. The molecule has 0 unspecified atom stereocenters. The van der Waals surface area contributed by atoms with Crippen LogP contribution in [-0.2, 0) is 22.0 Å². The van der Waals surface area contributed by atoms with E-state index in [0.717, 1.165) is 12.0 Å². The lowest BCUT2D eigenvalue weighted by Crippen LogP contribution is -2.33. The average molecular weight is 357 g/mol. The van der Waals surface area contributed by atoms with Crippen molar-refractivity contribution < 1.29 is 13.2 Å². The molecule has 25 heavy (non-hydrogen) atoms. The topological polar surface area (TPSA) is 54.5 Å². The summed E-state index contributed by atoms with van der Waals surface area (Å²) in [6.07, 6.45) is 3.64. The lowest BCUT2D eigenvalue weighted by atomic mass is 10.1. The van der Waals surface area contributed by atoms with Crippen LogP contribution < -0.4 is 0 Å². The molecule has 1 amide bonds. The monoisotopic (exact) mass is 357 g/mol. The number of hydrogen-bond acceptors (Lipinski definition) is 3. The highest BCUT2D eigenvalue weighted by molar-refractivity contribution is 7.89. The van der Waals surface area contributed by atoms with E-state index in [1.165, 1.54) is 6.26 Å². The molecule has 5 heteroatoms. The highest BCUT2D eigenvalue weighted by Crippen LogP contribution is 2.12. The summed E-state index contributed by atoms with van der Waals surface area (Å²) in [7, 11) is -3.14. The summed E-state index contributed by atoms with van der Waals surface area (Å²) in [4.78, 5) is 14.5. The maximum absolute atomic E-state index is 12.8. The van der Waals surface area contributed by atoms with Crippen LogP contribution in [0.5, 0.6) is 0 Å². The Hall–Kier alpha value is -2.40. The van der Waals surface area contributed by atoms with E-state index in [1.54, 1.807) is 35.2 Å². The predicted molar refractivity (Wildman–Crippen MR) is 101 cm³/mol. The van der Waals surface area contributed by atoms with E-state index < -0.39 is 9.84 Å². The molecule has 0 bridgehead atoms. The van der Waals surface area contributed by atoms with Gasteiger partial charge in [0, 0.05) is 24.9 Å². The molecule has 132 valence electrons. The Morgan fingerprint density at radius 2 is 1.76 bits per heavy atom. The lowest BCUT2D eigenvalue weighted by molar-refractivity contribution is 0.0775. The molecule has 0 atom stereocenters. The zero-order chi connectivity index (χ0) is 18.3. The zero-order valence-electron chi connectivity index (χ0n) is 14.4. The van der Waals surface area contributed by atoms with Crippen molar-refractivity contribution in [1.29, 1.82) is 0 Å². The summed E-state index contributed by atoms with van der Waals surface area (Å²) in [6.45, 7) is 4.75. The van der Waals surface area contributed by atoms with Gasteiger partial charge in [-0.2, -0.15) is 0 Å². The van der Waals surface area contributed by atoms with Crippen LogP contribution in [0.4, 0.5) is 0 Å². The highest BCUT2D eigenvalue weighted by Gasteiger charge is 2.15. The minimum absolute atomic E-state index is 0.0698. The fraction of sp³-hybridized carbons (Fsp3) is 0.250. The highest BCUT2D eigenvalue weighted by atomic mass is 32.2. The largest absolute Gasteiger partial charge is 0.335 e. The second-order valence-electron chi connectivity index (χ2n) is 6.05. The molecule has 2 rings (SSSR count). The number of carbonyl (C=O) groups is 1. The molecule has 2 aromatic carbocycles. The van der Waals surface area contributed by atoms with Crippen molar-refractivity contribution in [2.45, 2.75) is 12.2 Å². The van der Waals surface area contributed by atoms with Crippen LogP contribution in [0.3, 0.4) is 0 Å². The van der Waals surface area contributed by atoms with E-state index in [1.807, 2.05) is 30.3 Å². The Morgan fingerprint density at radius 3 is 2.40 bits per heavy atom. The Morgan fingerprint density at radius 1 is 1.08 bits per heavy atom. The number of amides is 1. The first-order valence-electron chi connectivity index (χ1n) is 8.10. The van der Waals surface area contributed by atoms with Crippen LogP contribution in [0.15, 0.2) is 67.3 Å². The second kappa shape index (κ2) is 8.62. The number of nitrogens with zero attached hydrogens (tertiary/aromatic N) is 1.